The number of hydrogen-bond donors (Lipinski definition) is 1. The van der Waals surface area contributed by atoms with Crippen molar-refractivity contribution in [2.24, 2.45) is 0 Å². The van der Waals surface area contributed by atoms with Gasteiger partial charge in [-0.25, -0.2) is 15.1 Å². The van der Waals surface area contributed by atoms with Gasteiger partial charge in [0.2, 0.25) is 5.89 Å². The lowest BCUT2D eigenvalue weighted by molar-refractivity contribution is 0.616. The van der Waals surface area contributed by atoms with Crippen LogP contribution < -0.4 is 5.56 Å². The highest BCUT2D eigenvalue weighted by Crippen LogP contribution is 2.34. The molecule has 0 spiro atoms. The highest BCUT2D eigenvalue weighted by molar-refractivity contribution is 6.35. The zero-order valence-electron chi connectivity index (χ0n) is 16.0. The fourth-order valence-corrected chi connectivity index (χ4v) is 3.73. The minimum atomic E-state index is -0.399. The monoisotopic (exact) mass is 415 g/mol. The van der Waals surface area contributed by atoms with Crippen LogP contribution in [-0.4, -0.2) is 19.6 Å². The van der Waals surface area contributed by atoms with Crippen LogP contribution in [0.15, 0.2) is 51.7 Å². The number of aryl methyl sites for hydroxylation is 2. The predicted octanol–water partition coefficient (Wildman–Crippen LogP) is 5.32. The molecular formula is C22H14ClN5O2. The van der Waals surface area contributed by atoms with Gasteiger partial charge in [0.25, 0.3) is 5.82 Å². The van der Waals surface area contributed by atoms with Crippen LogP contribution in [0, 0.1) is 20.4 Å². The van der Waals surface area contributed by atoms with Crippen LogP contribution in [0.5, 0.6) is 0 Å². The summed E-state index contributed by atoms with van der Waals surface area (Å²) in [6, 6.07) is 13.0. The Kier molecular flexibility index (Phi) is 3.98. The molecule has 0 aliphatic rings. The number of nitrogens with zero attached hydrogens (tertiary/aromatic N) is 4. The highest BCUT2D eigenvalue weighted by atomic mass is 35.5. The summed E-state index contributed by atoms with van der Waals surface area (Å²) in [6.45, 7) is 11.1. The quantitative estimate of drug-likeness (QED) is 0.396. The lowest BCUT2D eigenvalue weighted by Crippen LogP contribution is -2.19. The first-order chi connectivity index (χ1) is 14.5. The molecular weight excluding hydrogens is 402 g/mol. The van der Waals surface area contributed by atoms with Crippen molar-refractivity contribution in [3.05, 3.63) is 80.5 Å². The predicted molar refractivity (Wildman–Crippen MR) is 115 cm³/mol. The Labute approximate surface area is 175 Å². The van der Waals surface area contributed by atoms with E-state index in [4.69, 9.17) is 22.6 Å². The Morgan fingerprint density at radius 3 is 2.60 bits per heavy atom. The summed E-state index contributed by atoms with van der Waals surface area (Å²) < 4.78 is 7.12. The van der Waals surface area contributed by atoms with E-state index in [9.17, 15) is 4.79 Å². The fraction of sp³-hybridized carbons (Fsp3) is 0.0909. The number of H-pyrrole nitrogens is 1. The minimum Gasteiger partial charge on any atom is -0.434 e. The zero-order valence-corrected chi connectivity index (χ0v) is 16.8. The molecule has 0 aliphatic heterocycles. The van der Waals surface area contributed by atoms with E-state index in [1.54, 1.807) is 13.0 Å². The molecule has 7 nitrogen and oxygen atoms in total. The number of oxazole rings is 1. The molecule has 0 saturated carbocycles. The first-order valence-electron chi connectivity index (χ1n) is 9.14. The Morgan fingerprint density at radius 2 is 1.87 bits per heavy atom. The average Bonchev–Trinajstić information content (AvgIpc) is 3.33. The maximum absolute atomic E-state index is 13.3. The normalized spacial score (nSPS) is 11.3. The summed E-state index contributed by atoms with van der Waals surface area (Å²) in [5, 5.41) is 3.32. The Balaban J connectivity index is 1.81. The summed E-state index contributed by atoms with van der Waals surface area (Å²) >= 11 is 6.34. The Bertz CT molecular complexity index is 1550. The van der Waals surface area contributed by atoms with Crippen molar-refractivity contribution in [2.45, 2.75) is 13.8 Å². The third-order valence-corrected chi connectivity index (χ3v) is 5.49. The van der Waals surface area contributed by atoms with Crippen LogP contribution in [0.25, 0.3) is 44.2 Å². The van der Waals surface area contributed by atoms with Crippen LogP contribution in [0.3, 0.4) is 0 Å². The van der Waals surface area contributed by atoms with Crippen molar-refractivity contribution in [3.63, 3.8) is 0 Å². The van der Waals surface area contributed by atoms with Crippen LogP contribution in [-0.2, 0) is 0 Å². The standard InChI is InChI=1S/C22H14ClN5O2/c1-11-9-10-14-18(17(11)23)30-21(26-14)15-12(2)25-20-16(13-7-5-4-6-8-13)19(24-3)27-28(20)22(15)29/h4-10,27H,1-2H3. The molecule has 0 saturated heterocycles. The van der Waals surface area contributed by atoms with Gasteiger partial charge in [-0.3, -0.25) is 4.79 Å². The number of nitrogens with one attached hydrogen (secondary N) is 1. The van der Waals surface area contributed by atoms with Gasteiger partial charge in [0.15, 0.2) is 11.2 Å². The summed E-state index contributed by atoms with van der Waals surface area (Å²) in [5.41, 5.74) is 3.86. The largest absolute Gasteiger partial charge is 0.434 e. The van der Waals surface area contributed by atoms with Gasteiger partial charge in [-0.15, -0.1) is 4.52 Å². The molecule has 0 amide bonds. The lowest BCUT2D eigenvalue weighted by Gasteiger charge is -2.03. The van der Waals surface area contributed by atoms with E-state index < -0.39 is 5.56 Å². The van der Waals surface area contributed by atoms with E-state index >= 15 is 0 Å². The number of fused-ring (bicyclic) bond motifs is 2. The molecule has 1 N–H and O–H groups in total. The molecule has 5 rings (SSSR count). The van der Waals surface area contributed by atoms with E-state index in [0.717, 1.165) is 11.1 Å². The summed E-state index contributed by atoms with van der Waals surface area (Å²) in [5.74, 6) is 0.376. The molecule has 0 bridgehead atoms. The Morgan fingerprint density at radius 1 is 1.10 bits per heavy atom. The maximum atomic E-state index is 13.3. The number of hydrogen-bond acceptors (Lipinski definition) is 4. The van der Waals surface area contributed by atoms with Gasteiger partial charge in [-0.05, 0) is 31.0 Å². The molecule has 0 unspecified atom stereocenters. The van der Waals surface area contributed by atoms with Gasteiger partial charge in [0, 0.05) is 0 Å². The first kappa shape index (κ1) is 18.2. The molecule has 0 atom stereocenters. The smallest absolute Gasteiger partial charge is 0.301 e. The van der Waals surface area contributed by atoms with E-state index in [0.29, 0.717) is 33.0 Å². The molecule has 8 heteroatoms. The third-order valence-electron chi connectivity index (χ3n) is 5.02. The van der Waals surface area contributed by atoms with Gasteiger partial charge < -0.3 is 9.26 Å². The van der Waals surface area contributed by atoms with E-state index in [2.05, 4.69) is 19.9 Å². The van der Waals surface area contributed by atoms with Crippen molar-refractivity contribution in [2.75, 3.05) is 0 Å². The second-order valence-corrected chi connectivity index (χ2v) is 7.29. The molecule has 3 aromatic heterocycles. The van der Waals surface area contributed by atoms with E-state index in [-0.39, 0.29) is 17.3 Å². The van der Waals surface area contributed by atoms with Crippen molar-refractivity contribution >= 4 is 34.2 Å². The highest BCUT2D eigenvalue weighted by Gasteiger charge is 2.24. The summed E-state index contributed by atoms with van der Waals surface area (Å²) in [4.78, 5) is 26.0. The van der Waals surface area contributed by atoms with Gasteiger partial charge >= 0.3 is 5.56 Å². The second-order valence-electron chi connectivity index (χ2n) is 6.91. The molecule has 5 aromatic rings. The maximum Gasteiger partial charge on any atom is 0.301 e. The van der Waals surface area contributed by atoms with Crippen molar-refractivity contribution in [1.29, 1.82) is 0 Å². The average molecular weight is 416 g/mol. The summed E-state index contributed by atoms with van der Waals surface area (Å²) in [7, 11) is 0. The van der Waals surface area contributed by atoms with Crippen molar-refractivity contribution in [1.82, 2.24) is 19.6 Å². The number of aromatic nitrogens is 4. The number of halogens is 1. The third kappa shape index (κ3) is 2.55. The second kappa shape index (κ2) is 6.58. The van der Waals surface area contributed by atoms with Crippen molar-refractivity contribution < 1.29 is 4.42 Å². The molecule has 3 heterocycles. The van der Waals surface area contributed by atoms with Crippen LogP contribution in [0.1, 0.15) is 11.3 Å². The van der Waals surface area contributed by atoms with Crippen molar-refractivity contribution in [3.8, 4) is 22.6 Å². The van der Waals surface area contributed by atoms with Crippen LogP contribution >= 0.6 is 11.6 Å². The van der Waals surface area contributed by atoms with Gasteiger partial charge in [0.05, 0.1) is 16.3 Å². The number of rotatable bonds is 2. The molecule has 30 heavy (non-hydrogen) atoms. The molecule has 146 valence electrons. The van der Waals surface area contributed by atoms with E-state index in [1.807, 2.05) is 43.3 Å². The lowest BCUT2D eigenvalue weighted by atomic mass is 10.1. The molecule has 0 fully saturated rings. The van der Waals surface area contributed by atoms with Gasteiger partial charge in [-0.2, -0.15) is 0 Å². The molecule has 0 aliphatic carbocycles. The van der Waals surface area contributed by atoms with Gasteiger partial charge in [-0.1, -0.05) is 54.6 Å². The molecule has 2 aromatic carbocycles. The fourth-order valence-electron chi connectivity index (χ4n) is 3.53. The van der Waals surface area contributed by atoms with Crippen LogP contribution in [0.2, 0.25) is 5.02 Å². The number of aromatic amines is 1. The number of benzene rings is 2. The minimum absolute atomic E-state index is 0.141. The SMILES string of the molecule is [C-]#[N+]c1[nH]n2c(=O)c(-c3nc4ccc(C)c(Cl)c4o3)c(C)nc2c1-c1ccccc1. The zero-order chi connectivity index (χ0) is 21.0. The first-order valence-corrected chi connectivity index (χ1v) is 9.51. The summed E-state index contributed by atoms with van der Waals surface area (Å²) in [6.07, 6.45) is 0. The topological polar surface area (TPSA) is 80.5 Å². The Hall–Kier alpha value is -3.89. The van der Waals surface area contributed by atoms with E-state index in [1.165, 1.54) is 4.52 Å². The van der Waals surface area contributed by atoms with Crippen LogP contribution in [0.4, 0.5) is 5.82 Å². The van der Waals surface area contributed by atoms with Gasteiger partial charge in [0.1, 0.15) is 11.1 Å². The molecule has 0 radical (unpaired) electrons.